The molecule has 34 heavy (non-hydrogen) atoms. The highest BCUT2D eigenvalue weighted by Crippen LogP contribution is 2.29. The van der Waals surface area contributed by atoms with Crippen LogP contribution in [0.2, 0.25) is 5.02 Å². The average Bonchev–Trinajstić information content (AvgIpc) is 3.38. The number of nitrogens with zero attached hydrogens (tertiary/aromatic N) is 2. The molecule has 0 aromatic heterocycles. The average molecular weight is 524 g/mol. The second kappa shape index (κ2) is 9.95. The van der Waals surface area contributed by atoms with Crippen LogP contribution in [0.25, 0.3) is 11.1 Å². The molecule has 1 unspecified atom stereocenters. The fraction of sp³-hybridized carbons (Fsp3) is 0.318. The van der Waals surface area contributed by atoms with Gasteiger partial charge in [-0.2, -0.15) is 4.72 Å². The normalized spacial score (nSPS) is 18.9. The molecule has 0 spiro atoms. The number of urea groups is 1. The van der Waals surface area contributed by atoms with Gasteiger partial charge in [0.25, 0.3) is 5.91 Å². The van der Waals surface area contributed by atoms with Crippen molar-refractivity contribution < 1.29 is 27.9 Å². The van der Waals surface area contributed by atoms with Crippen molar-refractivity contribution in [2.45, 2.75) is 29.8 Å². The third-order valence-electron chi connectivity index (χ3n) is 5.72. The van der Waals surface area contributed by atoms with Crippen LogP contribution in [0.15, 0.2) is 53.4 Å². The Labute approximate surface area is 206 Å². The van der Waals surface area contributed by atoms with Crippen molar-refractivity contribution in [2.75, 3.05) is 18.2 Å². The van der Waals surface area contributed by atoms with Gasteiger partial charge in [-0.05, 0) is 48.2 Å². The molecule has 3 amide bonds. The Kier molecular flexibility index (Phi) is 7.17. The highest BCUT2D eigenvalue weighted by Gasteiger charge is 2.47. The number of aliphatic carboxylic acids is 1. The zero-order valence-corrected chi connectivity index (χ0v) is 20.3. The number of rotatable bonds is 9. The number of halogens is 1. The van der Waals surface area contributed by atoms with Gasteiger partial charge in [-0.3, -0.25) is 14.5 Å². The first-order valence-corrected chi connectivity index (χ1v) is 13.5. The molecule has 2 aliphatic heterocycles. The Bertz CT molecular complexity index is 1180. The minimum absolute atomic E-state index is 0.0383. The van der Waals surface area contributed by atoms with Crippen molar-refractivity contribution in [3.63, 3.8) is 0 Å². The Morgan fingerprint density at radius 1 is 1.12 bits per heavy atom. The molecule has 2 atom stereocenters. The number of benzene rings is 2. The fourth-order valence-corrected chi connectivity index (χ4v) is 6.37. The van der Waals surface area contributed by atoms with Crippen LogP contribution in [0.5, 0.6) is 0 Å². The maximum Gasteiger partial charge on any atom is 0.328 e. The molecule has 2 heterocycles. The van der Waals surface area contributed by atoms with Crippen molar-refractivity contribution in [1.29, 1.82) is 0 Å². The summed E-state index contributed by atoms with van der Waals surface area (Å²) in [6.45, 7) is 0.0383. The molecular weight excluding hydrogens is 502 g/mol. The molecule has 0 radical (unpaired) electrons. The molecule has 4 rings (SSSR count). The topological polar surface area (TPSA) is 124 Å². The standard InChI is InChI=1S/C22H22ClN3O6S2/c23-16-7-3-14(4-8-16)15-5-9-17(10-6-15)34(31,32)24-18(21(28)29)2-1-11-25-20(27)19-12-33-13-26(19)22(25)30/h3-10,18-19,24H,1-2,11-13H2,(H,28,29)/t18-,19?/m0/s1. The quantitative estimate of drug-likeness (QED) is 0.484. The maximum absolute atomic E-state index is 12.8. The molecule has 12 heteroatoms. The molecule has 2 aliphatic rings. The Morgan fingerprint density at radius 3 is 2.32 bits per heavy atom. The first-order valence-electron chi connectivity index (χ1n) is 10.5. The van der Waals surface area contributed by atoms with Gasteiger partial charge in [0.05, 0.1) is 10.8 Å². The summed E-state index contributed by atoms with van der Waals surface area (Å²) in [6, 6.07) is 10.9. The molecule has 2 fully saturated rings. The van der Waals surface area contributed by atoms with Gasteiger partial charge in [0.2, 0.25) is 10.0 Å². The van der Waals surface area contributed by atoms with Crippen LogP contribution in [-0.4, -0.2) is 71.5 Å². The van der Waals surface area contributed by atoms with E-state index in [1.165, 1.54) is 28.8 Å². The number of amides is 3. The zero-order valence-electron chi connectivity index (χ0n) is 17.9. The van der Waals surface area contributed by atoms with E-state index in [2.05, 4.69) is 4.72 Å². The number of fused-ring (bicyclic) bond motifs is 1. The maximum atomic E-state index is 12.8. The predicted octanol–water partition coefficient (Wildman–Crippen LogP) is 2.86. The summed E-state index contributed by atoms with van der Waals surface area (Å²) in [5.41, 5.74) is 1.64. The number of nitrogens with one attached hydrogen (secondary N) is 1. The lowest BCUT2D eigenvalue weighted by Crippen LogP contribution is -2.41. The molecular formula is C22H22ClN3O6S2. The lowest BCUT2D eigenvalue weighted by Gasteiger charge is -2.18. The number of imide groups is 1. The van der Waals surface area contributed by atoms with E-state index >= 15 is 0 Å². The van der Waals surface area contributed by atoms with E-state index in [0.717, 1.165) is 16.0 Å². The highest BCUT2D eigenvalue weighted by molar-refractivity contribution is 7.99. The van der Waals surface area contributed by atoms with Crippen molar-refractivity contribution >= 4 is 51.3 Å². The van der Waals surface area contributed by atoms with Crippen LogP contribution in [-0.2, 0) is 19.6 Å². The Balaban J connectivity index is 1.38. The number of carbonyl (C=O) groups excluding carboxylic acids is 2. The van der Waals surface area contributed by atoms with Gasteiger partial charge in [0.15, 0.2) is 0 Å². The summed E-state index contributed by atoms with van der Waals surface area (Å²) in [4.78, 5) is 39.0. The van der Waals surface area contributed by atoms with Crippen LogP contribution in [0.3, 0.4) is 0 Å². The molecule has 2 aromatic carbocycles. The van der Waals surface area contributed by atoms with Gasteiger partial charge in [-0.1, -0.05) is 35.9 Å². The monoisotopic (exact) mass is 523 g/mol. The summed E-state index contributed by atoms with van der Waals surface area (Å²) in [5, 5.41) is 10.1. The summed E-state index contributed by atoms with van der Waals surface area (Å²) in [5.74, 6) is -0.615. The molecule has 0 saturated carbocycles. The summed E-state index contributed by atoms with van der Waals surface area (Å²) in [7, 11) is -4.10. The Hall–Kier alpha value is -2.60. The van der Waals surface area contributed by atoms with Crippen molar-refractivity contribution in [2.24, 2.45) is 0 Å². The third-order valence-corrected chi connectivity index (χ3v) is 8.47. The van der Waals surface area contributed by atoms with Gasteiger partial charge in [-0.25, -0.2) is 13.2 Å². The third kappa shape index (κ3) is 5.07. The van der Waals surface area contributed by atoms with E-state index in [1.807, 2.05) is 12.1 Å². The number of hydrogen-bond acceptors (Lipinski definition) is 6. The summed E-state index contributed by atoms with van der Waals surface area (Å²) >= 11 is 7.40. The molecule has 0 bridgehead atoms. The molecule has 2 aromatic rings. The van der Waals surface area contributed by atoms with Crippen molar-refractivity contribution in [3.05, 3.63) is 53.6 Å². The van der Waals surface area contributed by atoms with E-state index in [4.69, 9.17) is 11.6 Å². The fourth-order valence-electron chi connectivity index (χ4n) is 3.88. The van der Waals surface area contributed by atoms with Crippen LogP contribution < -0.4 is 4.72 Å². The molecule has 0 aliphatic carbocycles. The molecule has 180 valence electrons. The SMILES string of the molecule is O=C(O)[C@H](CCCN1C(=O)C2CSCN2C1=O)NS(=O)(=O)c1ccc(-c2ccc(Cl)cc2)cc1. The van der Waals surface area contributed by atoms with Gasteiger partial charge < -0.3 is 10.0 Å². The first-order chi connectivity index (χ1) is 16.2. The number of carboxylic acid groups (broad SMARTS) is 1. The van der Waals surface area contributed by atoms with Gasteiger partial charge in [0, 0.05) is 17.3 Å². The van der Waals surface area contributed by atoms with E-state index in [-0.39, 0.29) is 36.2 Å². The minimum atomic E-state index is -4.10. The second-order valence-electron chi connectivity index (χ2n) is 7.94. The molecule has 2 saturated heterocycles. The van der Waals surface area contributed by atoms with Crippen LogP contribution in [0.1, 0.15) is 12.8 Å². The lowest BCUT2D eigenvalue weighted by atomic mass is 10.1. The second-order valence-corrected chi connectivity index (χ2v) is 11.1. The number of sulfonamides is 1. The smallest absolute Gasteiger partial charge is 0.328 e. The lowest BCUT2D eigenvalue weighted by molar-refractivity contribution is -0.139. The van der Waals surface area contributed by atoms with Crippen LogP contribution in [0, 0.1) is 0 Å². The van der Waals surface area contributed by atoms with Gasteiger partial charge in [-0.15, -0.1) is 11.8 Å². The van der Waals surface area contributed by atoms with Gasteiger partial charge in [0.1, 0.15) is 12.1 Å². The van der Waals surface area contributed by atoms with E-state index in [9.17, 15) is 27.9 Å². The number of hydrogen-bond donors (Lipinski definition) is 2. The summed E-state index contributed by atoms with van der Waals surface area (Å²) in [6.07, 6.45) is 0.0775. The van der Waals surface area contributed by atoms with Crippen LogP contribution in [0.4, 0.5) is 4.79 Å². The van der Waals surface area contributed by atoms with Crippen molar-refractivity contribution in [1.82, 2.24) is 14.5 Å². The molecule has 9 nitrogen and oxygen atoms in total. The zero-order chi connectivity index (χ0) is 24.5. The van der Waals surface area contributed by atoms with Crippen molar-refractivity contribution in [3.8, 4) is 11.1 Å². The van der Waals surface area contributed by atoms with E-state index < -0.39 is 28.1 Å². The van der Waals surface area contributed by atoms with Gasteiger partial charge >= 0.3 is 12.0 Å². The predicted molar refractivity (Wildman–Crippen MR) is 128 cm³/mol. The number of carboxylic acids is 1. The number of thioether (sulfide) groups is 1. The highest BCUT2D eigenvalue weighted by atomic mass is 35.5. The summed E-state index contributed by atoms with van der Waals surface area (Å²) < 4.78 is 27.8. The minimum Gasteiger partial charge on any atom is -0.480 e. The largest absolute Gasteiger partial charge is 0.480 e. The van der Waals surface area contributed by atoms with Crippen LogP contribution >= 0.6 is 23.4 Å². The Morgan fingerprint density at radius 2 is 1.74 bits per heavy atom. The first kappa shape index (κ1) is 24.5. The molecule has 2 N–H and O–H groups in total. The van der Waals surface area contributed by atoms with E-state index in [0.29, 0.717) is 16.7 Å². The van der Waals surface area contributed by atoms with E-state index in [1.54, 1.807) is 24.3 Å². The number of carbonyl (C=O) groups is 3.